The van der Waals surface area contributed by atoms with Crippen LogP contribution in [-0.4, -0.2) is 51.5 Å². The summed E-state index contributed by atoms with van der Waals surface area (Å²) in [4.78, 5) is 6.97. The Labute approximate surface area is 136 Å². The number of hydrogen-bond acceptors (Lipinski definition) is 6. The molecule has 0 unspecified atom stereocenters. The quantitative estimate of drug-likeness (QED) is 0.776. The Morgan fingerprint density at radius 2 is 2.22 bits per heavy atom. The lowest BCUT2D eigenvalue weighted by Crippen LogP contribution is -2.35. The Hall–Kier alpha value is -1.73. The molecule has 0 saturated carbocycles. The van der Waals surface area contributed by atoms with Gasteiger partial charge in [0, 0.05) is 44.9 Å². The van der Waals surface area contributed by atoms with Crippen molar-refractivity contribution in [3.63, 3.8) is 0 Å². The monoisotopic (exact) mass is 319 g/mol. The highest BCUT2D eigenvalue weighted by atomic mass is 16.5. The third kappa shape index (κ3) is 3.97. The molecular weight excluding hydrogens is 294 g/mol. The van der Waals surface area contributed by atoms with Crippen molar-refractivity contribution in [1.29, 1.82) is 0 Å². The number of aromatic nitrogens is 4. The molecule has 2 aromatic heterocycles. The van der Waals surface area contributed by atoms with Gasteiger partial charge in [-0.2, -0.15) is 0 Å². The van der Waals surface area contributed by atoms with E-state index in [2.05, 4.69) is 24.6 Å². The summed E-state index contributed by atoms with van der Waals surface area (Å²) in [5, 5.41) is 8.17. The standard InChI is InChI=1S/C16H25N5O2/c1-3-14-18-19-15(23-14)12-20-7-4-5-13(11-20)16-17-6-8-21(16)9-10-22-2/h6,8,13H,3-5,7,9-12H2,1-2H3/t13-/m1/s1. The Balaban J connectivity index is 1.62. The van der Waals surface area contributed by atoms with Crippen LogP contribution in [0.5, 0.6) is 0 Å². The lowest BCUT2D eigenvalue weighted by molar-refractivity contribution is 0.170. The van der Waals surface area contributed by atoms with Crippen molar-refractivity contribution in [2.45, 2.75) is 45.2 Å². The smallest absolute Gasteiger partial charge is 0.230 e. The molecular formula is C16H25N5O2. The van der Waals surface area contributed by atoms with E-state index in [1.807, 2.05) is 19.3 Å². The van der Waals surface area contributed by atoms with Gasteiger partial charge in [0.05, 0.1) is 13.2 Å². The summed E-state index contributed by atoms with van der Waals surface area (Å²) in [6.07, 6.45) is 7.04. The van der Waals surface area contributed by atoms with E-state index in [4.69, 9.17) is 9.15 Å². The van der Waals surface area contributed by atoms with Gasteiger partial charge in [0.15, 0.2) is 0 Å². The average molecular weight is 319 g/mol. The van der Waals surface area contributed by atoms with Gasteiger partial charge in [-0.1, -0.05) is 6.92 Å². The predicted molar refractivity (Wildman–Crippen MR) is 85.0 cm³/mol. The van der Waals surface area contributed by atoms with Crippen LogP contribution >= 0.6 is 0 Å². The number of aryl methyl sites for hydroxylation is 1. The highest BCUT2D eigenvalue weighted by molar-refractivity contribution is 5.03. The molecule has 1 aliphatic rings. The van der Waals surface area contributed by atoms with Crippen LogP contribution in [0.4, 0.5) is 0 Å². The first kappa shape index (κ1) is 16.1. The second kappa shape index (κ2) is 7.70. The van der Waals surface area contributed by atoms with Crippen molar-refractivity contribution < 1.29 is 9.15 Å². The van der Waals surface area contributed by atoms with E-state index in [0.717, 1.165) is 44.8 Å². The first-order chi connectivity index (χ1) is 11.3. The number of piperidine rings is 1. The Bertz CT molecular complexity index is 609. The Morgan fingerprint density at radius 1 is 1.35 bits per heavy atom. The number of nitrogens with zero attached hydrogens (tertiary/aromatic N) is 5. The number of hydrogen-bond donors (Lipinski definition) is 0. The first-order valence-electron chi connectivity index (χ1n) is 8.33. The van der Waals surface area contributed by atoms with Crippen molar-refractivity contribution in [2.24, 2.45) is 0 Å². The van der Waals surface area contributed by atoms with Crippen LogP contribution < -0.4 is 0 Å². The molecule has 0 N–H and O–H groups in total. The zero-order chi connectivity index (χ0) is 16.1. The molecule has 7 nitrogen and oxygen atoms in total. The van der Waals surface area contributed by atoms with E-state index in [9.17, 15) is 0 Å². The minimum absolute atomic E-state index is 0.448. The number of ether oxygens (including phenoxy) is 1. The summed E-state index contributed by atoms with van der Waals surface area (Å²) < 4.78 is 13.0. The first-order valence-corrected chi connectivity index (χ1v) is 8.33. The van der Waals surface area contributed by atoms with E-state index in [1.165, 1.54) is 6.42 Å². The molecule has 1 saturated heterocycles. The highest BCUT2D eigenvalue weighted by Gasteiger charge is 2.25. The molecule has 1 atom stereocenters. The summed E-state index contributed by atoms with van der Waals surface area (Å²) >= 11 is 0. The fourth-order valence-electron chi connectivity index (χ4n) is 3.16. The van der Waals surface area contributed by atoms with Gasteiger partial charge < -0.3 is 13.7 Å². The third-order valence-electron chi connectivity index (χ3n) is 4.32. The maximum Gasteiger partial charge on any atom is 0.230 e. The van der Waals surface area contributed by atoms with Crippen molar-refractivity contribution in [2.75, 3.05) is 26.8 Å². The van der Waals surface area contributed by atoms with Crippen LogP contribution in [0, 0.1) is 0 Å². The van der Waals surface area contributed by atoms with Crippen molar-refractivity contribution >= 4 is 0 Å². The van der Waals surface area contributed by atoms with Crippen LogP contribution in [0.15, 0.2) is 16.8 Å². The number of likely N-dealkylation sites (tertiary alicyclic amines) is 1. The van der Waals surface area contributed by atoms with E-state index in [0.29, 0.717) is 24.3 Å². The molecule has 0 radical (unpaired) electrons. The van der Waals surface area contributed by atoms with Gasteiger partial charge in [-0.3, -0.25) is 4.90 Å². The van der Waals surface area contributed by atoms with Crippen molar-refractivity contribution in [1.82, 2.24) is 24.6 Å². The topological polar surface area (TPSA) is 69.2 Å². The SMILES string of the molecule is CCc1nnc(CN2CCC[C@@H](c3nccn3CCOC)C2)o1. The maximum absolute atomic E-state index is 5.64. The lowest BCUT2D eigenvalue weighted by atomic mass is 9.97. The molecule has 1 aliphatic heterocycles. The lowest BCUT2D eigenvalue weighted by Gasteiger charge is -2.31. The molecule has 0 aliphatic carbocycles. The second-order valence-corrected chi connectivity index (χ2v) is 5.99. The summed E-state index contributed by atoms with van der Waals surface area (Å²) in [5.74, 6) is 3.03. The van der Waals surface area contributed by atoms with Crippen LogP contribution in [0.3, 0.4) is 0 Å². The van der Waals surface area contributed by atoms with Crippen LogP contribution in [-0.2, 0) is 24.2 Å². The summed E-state index contributed by atoms with van der Waals surface area (Å²) in [7, 11) is 1.73. The van der Waals surface area contributed by atoms with Gasteiger partial charge >= 0.3 is 0 Å². The van der Waals surface area contributed by atoms with Gasteiger partial charge in [0.2, 0.25) is 11.8 Å². The van der Waals surface area contributed by atoms with Crippen LogP contribution in [0.2, 0.25) is 0 Å². The van der Waals surface area contributed by atoms with E-state index >= 15 is 0 Å². The van der Waals surface area contributed by atoms with Crippen molar-refractivity contribution in [3.8, 4) is 0 Å². The van der Waals surface area contributed by atoms with Crippen LogP contribution in [0.1, 0.15) is 43.3 Å². The number of methoxy groups -OCH3 is 1. The van der Waals surface area contributed by atoms with Gasteiger partial charge in [-0.25, -0.2) is 4.98 Å². The minimum atomic E-state index is 0.448. The number of imidazole rings is 1. The Kier molecular flexibility index (Phi) is 5.40. The fraction of sp³-hybridized carbons (Fsp3) is 0.688. The normalized spacial score (nSPS) is 19.3. The molecule has 23 heavy (non-hydrogen) atoms. The molecule has 0 amide bonds. The molecule has 0 bridgehead atoms. The highest BCUT2D eigenvalue weighted by Crippen LogP contribution is 2.26. The minimum Gasteiger partial charge on any atom is -0.424 e. The molecule has 0 spiro atoms. The maximum atomic E-state index is 5.64. The molecule has 7 heteroatoms. The predicted octanol–water partition coefficient (Wildman–Crippen LogP) is 1.85. The van der Waals surface area contributed by atoms with Gasteiger partial charge in [0.1, 0.15) is 5.82 Å². The fourth-order valence-corrected chi connectivity index (χ4v) is 3.16. The van der Waals surface area contributed by atoms with Gasteiger partial charge in [-0.15, -0.1) is 10.2 Å². The third-order valence-corrected chi connectivity index (χ3v) is 4.32. The van der Waals surface area contributed by atoms with E-state index in [1.54, 1.807) is 7.11 Å². The molecule has 3 heterocycles. The number of rotatable bonds is 7. The van der Waals surface area contributed by atoms with E-state index in [-0.39, 0.29) is 0 Å². The second-order valence-electron chi connectivity index (χ2n) is 5.99. The Morgan fingerprint density at radius 3 is 3.00 bits per heavy atom. The van der Waals surface area contributed by atoms with Gasteiger partial charge in [-0.05, 0) is 19.4 Å². The molecule has 126 valence electrons. The van der Waals surface area contributed by atoms with E-state index < -0.39 is 0 Å². The zero-order valence-electron chi connectivity index (χ0n) is 13.9. The average Bonchev–Trinajstić information content (AvgIpc) is 3.22. The summed E-state index contributed by atoms with van der Waals surface area (Å²) in [5.41, 5.74) is 0. The molecule has 2 aromatic rings. The van der Waals surface area contributed by atoms with Crippen LogP contribution in [0.25, 0.3) is 0 Å². The summed E-state index contributed by atoms with van der Waals surface area (Å²) in [6.45, 7) is 6.36. The molecule has 3 rings (SSSR count). The molecule has 0 aromatic carbocycles. The largest absolute Gasteiger partial charge is 0.424 e. The van der Waals surface area contributed by atoms with Gasteiger partial charge in [0.25, 0.3) is 0 Å². The zero-order valence-corrected chi connectivity index (χ0v) is 13.9. The van der Waals surface area contributed by atoms with Crippen molar-refractivity contribution in [3.05, 3.63) is 30.0 Å². The molecule has 1 fully saturated rings. The summed E-state index contributed by atoms with van der Waals surface area (Å²) in [6, 6.07) is 0.